The Bertz CT molecular complexity index is 975. The van der Waals surface area contributed by atoms with Crippen LogP contribution in [0.4, 0.5) is 0 Å². The number of aryl methyl sites for hydroxylation is 1. The third-order valence-corrected chi connectivity index (χ3v) is 3.94. The van der Waals surface area contributed by atoms with Gasteiger partial charge >= 0.3 is 5.69 Å². The van der Waals surface area contributed by atoms with Crippen molar-refractivity contribution in [1.82, 2.24) is 9.55 Å². The van der Waals surface area contributed by atoms with E-state index in [4.69, 9.17) is 5.26 Å². The number of ketones is 1. The molecule has 0 aliphatic rings. The molecule has 1 heterocycles. The Morgan fingerprint density at radius 1 is 1.28 bits per heavy atom. The van der Waals surface area contributed by atoms with E-state index in [0.29, 0.717) is 24.1 Å². The minimum atomic E-state index is -0.590. The standard InChI is InChI=1S/C19H21N3O3/c1-5-6-22-16(15(11(2)3)18(24)21-19(22)25)17(23)14-8-12(4)7-13(9-14)10-20/h7-9,11H,5-6H2,1-4H3,(H,21,24,25). The van der Waals surface area contributed by atoms with Gasteiger partial charge in [-0.2, -0.15) is 5.26 Å². The van der Waals surface area contributed by atoms with Gasteiger partial charge in [0.2, 0.25) is 5.78 Å². The maximum atomic E-state index is 13.2. The molecule has 1 aromatic heterocycles. The number of carbonyl (C=O) groups is 1. The van der Waals surface area contributed by atoms with Crippen molar-refractivity contribution in [1.29, 1.82) is 5.26 Å². The Balaban J connectivity index is 2.83. The number of hydrogen-bond donors (Lipinski definition) is 1. The highest BCUT2D eigenvalue weighted by Crippen LogP contribution is 2.20. The Kier molecular flexibility index (Phi) is 5.38. The van der Waals surface area contributed by atoms with E-state index in [1.54, 1.807) is 32.9 Å². The quantitative estimate of drug-likeness (QED) is 0.847. The number of benzene rings is 1. The van der Waals surface area contributed by atoms with E-state index >= 15 is 0 Å². The summed E-state index contributed by atoms with van der Waals surface area (Å²) >= 11 is 0. The Labute approximate surface area is 145 Å². The second-order valence-corrected chi connectivity index (χ2v) is 6.36. The molecule has 25 heavy (non-hydrogen) atoms. The molecule has 6 heteroatoms. The predicted octanol–water partition coefficient (Wildman–Crippen LogP) is 2.48. The van der Waals surface area contributed by atoms with Crippen LogP contribution in [-0.4, -0.2) is 15.3 Å². The summed E-state index contributed by atoms with van der Waals surface area (Å²) < 4.78 is 1.33. The van der Waals surface area contributed by atoms with E-state index in [9.17, 15) is 14.4 Å². The molecule has 2 aromatic rings. The SMILES string of the molecule is CCCn1c(C(=O)c2cc(C)cc(C#N)c2)c(C(C)C)c(=O)[nH]c1=O. The van der Waals surface area contributed by atoms with Crippen molar-refractivity contribution in [3.8, 4) is 6.07 Å². The lowest BCUT2D eigenvalue weighted by Crippen LogP contribution is -2.38. The van der Waals surface area contributed by atoms with Crippen molar-refractivity contribution < 1.29 is 4.79 Å². The highest BCUT2D eigenvalue weighted by Gasteiger charge is 2.24. The van der Waals surface area contributed by atoms with Crippen molar-refractivity contribution >= 4 is 5.78 Å². The smallest absolute Gasteiger partial charge is 0.290 e. The summed E-state index contributed by atoms with van der Waals surface area (Å²) in [6, 6.07) is 6.85. The molecule has 0 saturated heterocycles. The van der Waals surface area contributed by atoms with Gasteiger partial charge in [-0.1, -0.05) is 20.8 Å². The number of carbonyl (C=O) groups excluding carboxylic acids is 1. The lowest BCUT2D eigenvalue weighted by Gasteiger charge is -2.17. The minimum absolute atomic E-state index is 0.111. The summed E-state index contributed by atoms with van der Waals surface area (Å²) in [4.78, 5) is 40.0. The Morgan fingerprint density at radius 2 is 1.96 bits per heavy atom. The van der Waals surface area contributed by atoms with Gasteiger partial charge < -0.3 is 0 Å². The molecule has 0 unspecified atom stereocenters. The first-order chi connectivity index (χ1) is 11.8. The third-order valence-electron chi connectivity index (χ3n) is 3.94. The van der Waals surface area contributed by atoms with Crippen LogP contribution in [0.25, 0.3) is 0 Å². The molecule has 0 aliphatic carbocycles. The number of nitrogens with zero attached hydrogens (tertiary/aromatic N) is 2. The van der Waals surface area contributed by atoms with Crippen molar-refractivity contribution in [3.05, 3.63) is 67.0 Å². The van der Waals surface area contributed by atoms with Gasteiger partial charge in [0.1, 0.15) is 5.69 Å². The van der Waals surface area contributed by atoms with Crippen LogP contribution >= 0.6 is 0 Å². The van der Waals surface area contributed by atoms with E-state index in [-0.39, 0.29) is 17.2 Å². The lowest BCUT2D eigenvalue weighted by atomic mass is 9.95. The molecule has 0 amide bonds. The molecule has 2 rings (SSSR count). The van der Waals surface area contributed by atoms with Crippen LogP contribution in [0, 0.1) is 18.3 Å². The molecule has 0 saturated carbocycles. The van der Waals surface area contributed by atoms with E-state index in [0.717, 1.165) is 5.56 Å². The summed E-state index contributed by atoms with van der Waals surface area (Å²) in [5.41, 5.74) is 0.703. The zero-order chi connectivity index (χ0) is 18.7. The number of rotatable bonds is 5. The second kappa shape index (κ2) is 7.31. The van der Waals surface area contributed by atoms with Crippen LogP contribution in [0.15, 0.2) is 27.8 Å². The third kappa shape index (κ3) is 3.61. The van der Waals surface area contributed by atoms with Crippen LogP contribution in [0.5, 0.6) is 0 Å². The first-order valence-corrected chi connectivity index (χ1v) is 8.23. The summed E-state index contributed by atoms with van der Waals surface area (Å²) in [5, 5.41) is 9.14. The highest BCUT2D eigenvalue weighted by molar-refractivity contribution is 6.09. The number of aromatic amines is 1. The number of aromatic nitrogens is 2. The summed E-state index contributed by atoms with van der Waals surface area (Å²) in [5.74, 6) is -0.646. The van der Waals surface area contributed by atoms with Crippen molar-refractivity contribution in [3.63, 3.8) is 0 Å². The molecular weight excluding hydrogens is 318 g/mol. The Morgan fingerprint density at radius 3 is 2.52 bits per heavy atom. The minimum Gasteiger partial charge on any atom is -0.290 e. The van der Waals surface area contributed by atoms with E-state index in [2.05, 4.69) is 4.98 Å². The predicted molar refractivity (Wildman–Crippen MR) is 95.0 cm³/mol. The molecule has 0 spiro atoms. The number of nitrogens with one attached hydrogen (secondary N) is 1. The molecule has 0 radical (unpaired) electrons. The zero-order valence-electron chi connectivity index (χ0n) is 14.8. The van der Waals surface area contributed by atoms with Gasteiger partial charge in [-0.3, -0.25) is 19.1 Å². The van der Waals surface area contributed by atoms with Crippen molar-refractivity contribution in [2.45, 2.75) is 46.6 Å². The van der Waals surface area contributed by atoms with E-state index in [1.807, 2.05) is 13.0 Å². The molecule has 6 nitrogen and oxygen atoms in total. The molecule has 0 bridgehead atoms. The van der Waals surface area contributed by atoms with Crippen LogP contribution < -0.4 is 11.2 Å². The lowest BCUT2D eigenvalue weighted by molar-refractivity contribution is 0.102. The topological polar surface area (TPSA) is 95.7 Å². The average molecular weight is 339 g/mol. The number of H-pyrrole nitrogens is 1. The maximum absolute atomic E-state index is 13.2. The molecule has 0 aliphatic heterocycles. The van der Waals surface area contributed by atoms with E-state index < -0.39 is 17.0 Å². The Hall–Kier alpha value is -2.94. The molecular formula is C19H21N3O3. The van der Waals surface area contributed by atoms with Gasteiger partial charge in [0.25, 0.3) is 5.56 Å². The fourth-order valence-electron chi connectivity index (χ4n) is 2.92. The van der Waals surface area contributed by atoms with E-state index in [1.165, 1.54) is 10.6 Å². The van der Waals surface area contributed by atoms with Crippen LogP contribution in [-0.2, 0) is 6.54 Å². The normalized spacial score (nSPS) is 10.7. The van der Waals surface area contributed by atoms with Gasteiger partial charge in [-0.15, -0.1) is 0 Å². The summed E-state index contributed by atoms with van der Waals surface area (Å²) in [7, 11) is 0. The van der Waals surface area contributed by atoms with Gasteiger partial charge in [0, 0.05) is 17.7 Å². The first-order valence-electron chi connectivity index (χ1n) is 8.23. The molecule has 130 valence electrons. The second-order valence-electron chi connectivity index (χ2n) is 6.36. The fourth-order valence-corrected chi connectivity index (χ4v) is 2.92. The molecule has 1 N–H and O–H groups in total. The number of hydrogen-bond acceptors (Lipinski definition) is 4. The molecule has 0 fully saturated rings. The fraction of sp³-hybridized carbons (Fsp3) is 0.368. The first kappa shape index (κ1) is 18.4. The van der Waals surface area contributed by atoms with Gasteiger partial charge in [0.05, 0.1) is 11.6 Å². The number of nitriles is 1. The summed E-state index contributed by atoms with van der Waals surface area (Å²) in [6.45, 7) is 7.62. The van der Waals surface area contributed by atoms with Crippen molar-refractivity contribution in [2.24, 2.45) is 0 Å². The van der Waals surface area contributed by atoms with Gasteiger partial charge in [0.15, 0.2) is 0 Å². The zero-order valence-corrected chi connectivity index (χ0v) is 14.8. The monoisotopic (exact) mass is 339 g/mol. The summed E-state index contributed by atoms with van der Waals surface area (Å²) in [6.07, 6.45) is 0.640. The largest absolute Gasteiger partial charge is 0.328 e. The van der Waals surface area contributed by atoms with Crippen LogP contribution in [0.3, 0.4) is 0 Å². The molecule has 1 aromatic carbocycles. The molecule has 0 atom stereocenters. The highest BCUT2D eigenvalue weighted by atomic mass is 16.2. The average Bonchev–Trinajstić information content (AvgIpc) is 2.55. The van der Waals surface area contributed by atoms with Crippen LogP contribution in [0.2, 0.25) is 0 Å². The van der Waals surface area contributed by atoms with Crippen LogP contribution in [0.1, 0.15) is 65.9 Å². The van der Waals surface area contributed by atoms with Crippen molar-refractivity contribution in [2.75, 3.05) is 0 Å². The maximum Gasteiger partial charge on any atom is 0.328 e. The van der Waals surface area contributed by atoms with Gasteiger partial charge in [-0.05, 0) is 43.0 Å². The van der Waals surface area contributed by atoms with Gasteiger partial charge in [-0.25, -0.2) is 4.79 Å².